The fourth-order valence-electron chi connectivity index (χ4n) is 1.25. The fraction of sp³-hybridized carbons (Fsp3) is 0.889. The van der Waals surface area contributed by atoms with Crippen LogP contribution in [0.3, 0.4) is 0 Å². The highest BCUT2D eigenvalue weighted by molar-refractivity contribution is 6.65. The van der Waals surface area contributed by atoms with E-state index < -0.39 is 14.3 Å². The molecule has 0 radical (unpaired) electrons. The van der Waals surface area contributed by atoms with E-state index in [4.69, 9.17) is 18.0 Å². The highest BCUT2D eigenvalue weighted by atomic mass is 28.4. The molecule has 0 aliphatic heterocycles. The maximum atomic E-state index is 11.6. The van der Waals surface area contributed by atoms with Crippen molar-refractivity contribution in [2.75, 3.05) is 27.9 Å². The largest absolute Gasteiger partial charge is 0.514 e. The quantitative estimate of drug-likeness (QED) is 0.491. The summed E-state index contributed by atoms with van der Waals surface area (Å²) in [4.78, 5) is 11.6. The first-order valence-electron chi connectivity index (χ1n) is 4.90. The van der Waals surface area contributed by atoms with Crippen LogP contribution in [0.25, 0.3) is 0 Å². The van der Waals surface area contributed by atoms with E-state index in [0.717, 1.165) is 6.42 Å². The van der Waals surface area contributed by atoms with Gasteiger partial charge in [-0.1, -0.05) is 6.92 Å². The van der Waals surface area contributed by atoms with E-state index in [1.807, 2.05) is 6.92 Å². The highest BCUT2D eigenvalue weighted by Gasteiger charge is 2.49. The topological polar surface area (TPSA) is 54.0 Å². The minimum atomic E-state index is -2.91. The summed E-state index contributed by atoms with van der Waals surface area (Å²) in [6.07, 6.45) is 0.792. The Bertz CT molecular complexity index is 185. The van der Waals surface area contributed by atoms with Crippen molar-refractivity contribution in [3.8, 4) is 0 Å². The molecule has 5 nitrogen and oxygen atoms in total. The second-order valence-electron chi connectivity index (χ2n) is 3.11. The van der Waals surface area contributed by atoms with Crippen LogP contribution in [-0.2, 0) is 22.8 Å². The van der Waals surface area contributed by atoms with E-state index in [-0.39, 0.29) is 5.97 Å². The molecule has 1 atom stereocenters. The standard InChI is InChI=1S/C9H20O5Si/c1-6-7-14-9(10)8(2)15(11-3,12-4)13-5/h8H,6-7H2,1-5H3. The van der Waals surface area contributed by atoms with Gasteiger partial charge in [-0.05, 0) is 13.3 Å². The predicted molar refractivity (Wildman–Crippen MR) is 57.5 cm³/mol. The van der Waals surface area contributed by atoms with Crippen molar-refractivity contribution in [1.82, 2.24) is 0 Å². The third-order valence-corrected chi connectivity index (χ3v) is 5.19. The molecule has 0 amide bonds. The van der Waals surface area contributed by atoms with Gasteiger partial charge in [-0.25, -0.2) is 0 Å². The Hall–Kier alpha value is -0.433. The number of hydrogen-bond donors (Lipinski definition) is 0. The van der Waals surface area contributed by atoms with Gasteiger partial charge in [0.05, 0.1) is 6.61 Å². The van der Waals surface area contributed by atoms with Crippen molar-refractivity contribution in [3.63, 3.8) is 0 Å². The maximum Gasteiger partial charge on any atom is 0.514 e. The summed E-state index contributed by atoms with van der Waals surface area (Å²) >= 11 is 0. The summed E-state index contributed by atoms with van der Waals surface area (Å²) in [6, 6.07) is 0. The molecule has 0 saturated heterocycles. The number of hydrogen-bond acceptors (Lipinski definition) is 5. The van der Waals surface area contributed by atoms with Crippen LogP contribution >= 0.6 is 0 Å². The molecule has 0 aliphatic carbocycles. The number of carbonyl (C=O) groups is 1. The minimum Gasteiger partial charge on any atom is -0.466 e. The van der Waals surface area contributed by atoms with Crippen molar-refractivity contribution < 1.29 is 22.8 Å². The van der Waals surface area contributed by atoms with Crippen LogP contribution < -0.4 is 0 Å². The highest BCUT2D eigenvalue weighted by Crippen LogP contribution is 2.24. The van der Waals surface area contributed by atoms with Gasteiger partial charge in [-0.15, -0.1) is 0 Å². The zero-order valence-corrected chi connectivity index (χ0v) is 11.0. The Morgan fingerprint density at radius 3 is 2.00 bits per heavy atom. The van der Waals surface area contributed by atoms with E-state index >= 15 is 0 Å². The van der Waals surface area contributed by atoms with Crippen LogP contribution in [0, 0.1) is 0 Å². The lowest BCUT2D eigenvalue weighted by Gasteiger charge is -2.28. The molecule has 0 aromatic rings. The minimum absolute atomic E-state index is 0.339. The van der Waals surface area contributed by atoms with Gasteiger partial charge in [0.25, 0.3) is 0 Å². The first-order chi connectivity index (χ1) is 7.07. The summed E-state index contributed by atoms with van der Waals surface area (Å²) in [5.41, 5.74) is -0.510. The smallest absolute Gasteiger partial charge is 0.466 e. The SMILES string of the molecule is CCCOC(=O)C(C)[Si](OC)(OC)OC. The Kier molecular flexibility index (Phi) is 6.74. The lowest BCUT2D eigenvalue weighted by Crippen LogP contribution is -2.49. The first-order valence-corrected chi connectivity index (χ1v) is 6.70. The number of rotatable bonds is 7. The summed E-state index contributed by atoms with van der Waals surface area (Å²) in [5.74, 6) is -0.339. The molecule has 15 heavy (non-hydrogen) atoms. The molecule has 1 unspecified atom stereocenters. The maximum absolute atomic E-state index is 11.6. The summed E-state index contributed by atoms with van der Waals surface area (Å²) in [5, 5.41) is 0. The van der Waals surface area contributed by atoms with E-state index in [1.54, 1.807) is 6.92 Å². The molecule has 0 saturated carbocycles. The van der Waals surface area contributed by atoms with Gasteiger partial charge >= 0.3 is 14.8 Å². The molecular formula is C9H20O5Si. The average molecular weight is 236 g/mol. The number of ether oxygens (including phenoxy) is 1. The van der Waals surface area contributed by atoms with Crippen molar-refractivity contribution in [3.05, 3.63) is 0 Å². The van der Waals surface area contributed by atoms with Crippen LogP contribution in [-0.4, -0.2) is 42.7 Å². The van der Waals surface area contributed by atoms with Crippen molar-refractivity contribution >= 4 is 14.8 Å². The molecule has 0 bridgehead atoms. The zero-order valence-electron chi connectivity index (χ0n) is 10.0. The second-order valence-corrected chi connectivity index (χ2v) is 6.40. The van der Waals surface area contributed by atoms with Crippen LogP contribution in [0.2, 0.25) is 5.54 Å². The van der Waals surface area contributed by atoms with Gasteiger partial charge in [0, 0.05) is 21.3 Å². The lowest BCUT2D eigenvalue weighted by atomic mass is 10.5. The van der Waals surface area contributed by atoms with Gasteiger partial charge in [0.2, 0.25) is 0 Å². The molecular weight excluding hydrogens is 216 g/mol. The third kappa shape index (κ3) is 3.56. The summed E-state index contributed by atoms with van der Waals surface area (Å²) in [7, 11) is 1.52. The van der Waals surface area contributed by atoms with Gasteiger partial charge in [-0.3, -0.25) is 4.79 Å². The molecule has 0 rings (SSSR count). The fourth-order valence-corrected chi connectivity index (χ4v) is 3.18. The zero-order chi connectivity index (χ0) is 11.9. The first kappa shape index (κ1) is 14.6. The molecule has 6 heteroatoms. The van der Waals surface area contributed by atoms with Gasteiger partial charge in [0.15, 0.2) is 0 Å². The van der Waals surface area contributed by atoms with E-state index in [0.29, 0.717) is 6.61 Å². The van der Waals surface area contributed by atoms with E-state index in [2.05, 4.69) is 0 Å². The van der Waals surface area contributed by atoms with Crippen LogP contribution in [0.4, 0.5) is 0 Å². The molecule has 0 spiro atoms. The van der Waals surface area contributed by atoms with Crippen molar-refractivity contribution in [1.29, 1.82) is 0 Å². The Morgan fingerprint density at radius 1 is 1.20 bits per heavy atom. The Labute approximate surface area is 92.0 Å². The number of carbonyl (C=O) groups excluding carboxylic acids is 1. The Morgan fingerprint density at radius 2 is 1.67 bits per heavy atom. The molecule has 0 aliphatic rings. The number of esters is 1. The van der Waals surface area contributed by atoms with Gasteiger partial charge in [0.1, 0.15) is 5.54 Å². The van der Waals surface area contributed by atoms with Gasteiger partial charge in [-0.2, -0.15) is 0 Å². The second kappa shape index (κ2) is 6.94. The van der Waals surface area contributed by atoms with Gasteiger partial charge < -0.3 is 18.0 Å². The van der Waals surface area contributed by atoms with Crippen LogP contribution in [0.5, 0.6) is 0 Å². The third-order valence-electron chi connectivity index (χ3n) is 2.19. The molecule has 0 N–H and O–H groups in total. The lowest BCUT2D eigenvalue weighted by molar-refractivity contribution is -0.144. The normalized spacial score (nSPS) is 13.7. The Balaban J connectivity index is 4.48. The van der Waals surface area contributed by atoms with Crippen LogP contribution in [0.15, 0.2) is 0 Å². The molecule has 0 heterocycles. The van der Waals surface area contributed by atoms with Crippen molar-refractivity contribution in [2.24, 2.45) is 0 Å². The summed E-state index contributed by atoms with van der Waals surface area (Å²) in [6.45, 7) is 4.04. The van der Waals surface area contributed by atoms with E-state index in [9.17, 15) is 4.79 Å². The van der Waals surface area contributed by atoms with Crippen molar-refractivity contribution in [2.45, 2.75) is 25.8 Å². The predicted octanol–water partition coefficient (Wildman–Crippen LogP) is 1.21. The summed E-state index contributed by atoms with van der Waals surface area (Å²) < 4.78 is 20.6. The molecule has 0 aromatic carbocycles. The van der Waals surface area contributed by atoms with E-state index in [1.165, 1.54) is 21.3 Å². The average Bonchev–Trinajstić information content (AvgIpc) is 2.28. The van der Waals surface area contributed by atoms with Crippen LogP contribution in [0.1, 0.15) is 20.3 Å². The molecule has 90 valence electrons. The molecule has 0 aromatic heterocycles. The molecule has 0 fully saturated rings. The monoisotopic (exact) mass is 236 g/mol.